The van der Waals surface area contributed by atoms with Gasteiger partial charge in [-0.1, -0.05) is 42.5 Å². The average Bonchev–Trinajstić information content (AvgIpc) is 2.87. The summed E-state index contributed by atoms with van der Waals surface area (Å²) >= 11 is 0. The van der Waals surface area contributed by atoms with Crippen molar-refractivity contribution in [3.05, 3.63) is 124 Å². The van der Waals surface area contributed by atoms with Gasteiger partial charge in [0.15, 0.2) is 0 Å². The summed E-state index contributed by atoms with van der Waals surface area (Å²) in [6.07, 6.45) is 1.33. The second kappa shape index (κ2) is 9.55. The maximum Gasteiger partial charge on any atom is 0.123 e. The third-order valence-electron chi connectivity index (χ3n) is 6.53. The summed E-state index contributed by atoms with van der Waals surface area (Å²) < 4.78 is 0. The molecule has 0 saturated carbocycles. The first kappa shape index (κ1) is 23.1. The van der Waals surface area contributed by atoms with Crippen LogP contribution in [0.1, 0.15) is 33.4 Å². The minimum absolute atomic E-state index is 0.160. The van der Waals surface area contributed by atoms with Crippen LogP contribution in [0.2, 0.25) is 0 Å². The quantitative estimate of drug-likeness (QED) is 0.202. The Balaban J connectivity index is 1.68. The van der Waals surface area contributed by atoms with E-state index in [1.54, 1.807) is 42.5 Å². The Morgan fingerprint density at radius 2 is 0.861 bits per heavy atom. The van der Waals surface area contributed by atoms with Crippen LogP contribution in [0.5, 0.6) is 28.7 Å². The van der Waals surface area contributed by atoms with Crippen LogP contribution in [0.25, 0.3) is 10.8 Å². The molecule has 5 heteroatoms. The fourth-order valence-electron chi connectivity index (χ4n) is 4.61. The Morgan fingerprint density at radius 3 is 1.36 bits per heavy atom. The van der Waals surface area contributed by atoms with E-state index in [1.807, 2.05) is 48.5 Å². The van der Waals surface area contributed by atoms with E-state index in [0.717, 1.165) is 38.6 Å². The molecule has 0 aliphatic carbocycles. The van der Waals surface area contributed by atoms with Crippen LogP contribution in [-0.2, 0) is 19.3 Å². The topological polar surface area (TPSA) is 101 Å². The molecule has 0 atom stereocenters. The van der Waals surface area contributed by atoms with Gasteiger partial charge in [0.1, 0.15) is 28.7 Å². The van der Waals surface area contributed by atoms with Crippen molar-refractivity contribution in [2.24, 2.45) is 0 Å². The number of aromatic hydroxyl groups is 5. The van der Waals surface area contributed by atoms with Crippen molar-refractivity contribution in [3.8, 4) is 28.7 Å². The SMILES string of the molecule is Oc1ccc(Cc2cc3c(Cc4ccc(O)cc4)c(O)ccc3c(Cc3ccc(O)cc3)c2O)cc1. The summed E-state index contributed by atoms with van der Waals surface area (Å²) in [5.74, 6) is 0.876. The van der Waals surface area contributed by atoms with E-state index in [4.69, 9.17) is 0 Å². The molecule has 5 aromatic rings. The zero-order chi connectivity index (χ0) is 25.2. The average molecular weight is 479 g/mol. The molecule has 0 saturated heterocycles. The largest absolute Gasteiger partial charge is 0.508 e. The van der Waals surface area contributed by atoms with Gasteiger partial charge < -0.3 is 25.5 Å². The number of fused-ring (bicyclic) bond motifs is 1. The van der Waals surface area contributed by atoms with Gasteiger partial charge in [-0.05, 0) is 81.6 Å². The van der Waals surface area contributed by atoms with Crippen molar-refractivity contribution in [1.29, 1.82) is 0 Å². The number of phenols is 5. The van der Waals surface area contributed by atoms with Crippen LogP contribution in [0, 0.1) is 0 Å². The number of phenolic OH excluding ortho intramolecular Hbond substituents is 5. The third-order valence-corrected chi connectivity index (χ3v) is 6.53. The third kappa shape index (κ3) is 4.77. The lowest BCUT2D eigenvalue weighted by Crippen LogP contribution is -1.99. The van der Waals surface area contributed by atoms with E-state index in [1.165, 1.54) is 0 Å². The molecule has 0 unspecified atom stereocenters. The summed E-state index contributed by atoms with van der Waals surface area (Å²) in [5.41, 5.74) is 4.97. The summed E-state index contributed by atoms with van der Waals surface area (Å²) in [6, 6.07) is 26.0. The van der Waals surface area contributed by atoms with Gasteiger partial charge in [-0.3, -0.25) is 0 Å². The minimum Gasteiger partial charge on any atom is -0.508 e. The van der Waals surface area contributed by atoms with Crippen LogP contribution < -0.4 is 0 Å². The molecule has 36 heavy (non-hydrogen) atoms. The Bertz CT molecular complexity index is 1520. The fraction of sp³-hybridized carbons (Fsp3) is 0.0968. The minimum atomic E-state index is 0.160. The number of benzene rings is 5. The second-order valence-corrected chi connectivity index (χ2v) is 9.05. The molecule has 0 aliphatic heterocycles. The van der Waals surface area contributed by atoms with Crippen molar-refractivity contribution in [2.45, 2.75) is 19.3 Å². The summed E-state index contributed by atoms with van der Waals surface area (Å²) in [4.78, 5) is 0. The zero-order valence-electron chi connectivity index (χ0n) is 19.5. The second-order valence-electron chi connectivity index (χ2n) is 9.05. The molecule has 5 nitrogen and oxygen atoms in total. The summed E-state index contributed by atoms with van der Waals surface area (Å²) in [6.45, 7) is 0. The molecule has 5 rings (SSSR count). The van der Waals surface area contributed by atoms with Gasteiger partial charge in [-0.2, -0.15) is 0 Å². The van der Waals surface area contributed by atoms with Gasteiger partial charge in [-0.15, -0.1) is 0 Å². The van der Waals surface area contributed by atoms with E-state index in [-0.39, 0.29) is 28.7 Å². The van der Waals surface area contributed by atoms with Crippen molar-refractivity contribution in [3.63, 3.8) is 0 Å². The maximum atomic E-state index is 11.4. The van der Waals surface area contributed by atoms with E-state index in [9.17, 15) is 25.5 Å². The molecular weight excluding hydrogens is 452 g/mol. The van der Waals surface area contributed by atoms with Gasteiger partial charge in [-0.25, -0.2) is 0 Å². The molecule has 5 N–H and O–H groups in total. The first-order valence-electron chi connectivity index (χ1n) is 11.7. The molecule has 0 amide bonds. The van der Waals surface area contributed by atoms with Crippen molar-refractivity contribution < 1.29 is 25.5 Å². The van der Waals surface area contributed by atoms with Crippen molar-refractivity contribution >= 4 is 10.8 Å². The van der Waals surface area contributed by atoms with Crippen LogP contribution >= 0.6 is 0 Å². The van der Waals surface area contributed by atoms with Crippen LogP contribution in [-0.4, -0.2) is 25.5 Å². The molecule has 0 spiro atoms. The Hall–Kier alpha value is -4.64. The lowest BCUT2D eigenvalue weighted by Gasteiger charge is -2.18. The molecule has 0 bridgehead atoms. The first-order valence-corrected chi connectivity index (χ1v) is 11.7. The smallest absolute Gasteiger partial charge is 0.123 e. The van der Waals surface area contributed by atoms with Gasteiger partial charge in [0, 0.05) is 30.4 Å². The summed E-state index contributed by atoms with van der Waals surface area (Å²) in [5, 5.41) is 52.9. The highest BCUT2D eigenvalue weighted by molar-refractivity contribution is 5.93. The van der Waals surface area contributed by atoms with Gasteiger partial charge in [0.05, 0.1) is 0 Å². The van der Waals surface area contributed by atoms with Gasteiger partial charge in [0.25, 0.3) is 0 Å². The highest BCUT2D eigenvalue weighted by atomic mass is 16.3. The monoisotopic (exact) mass is 478 g/mol. The molecule has 0 aliphatic rings. The Labute approximate surface area is 208 Å². The standard InChI is InChI=1S/C31H26O5/c32-23-7-1-19(2-8-23)15-22-18-27-26(29(31(22)36)17-21-5-11-25(34)12-6-21)13-14-30(35)28(27)16-20-3-9-24(33)10-4-20/h1-14,18,32-36H,15-17H2. The molecule has 0 fully saturated rings. The highest BCUT2D eigenvalue weighted by Gasteiger charge is 2.18. The predicted octanol–water partition coefficient (Wildman–Crippen LogP) is 6.14. The van der Waals surface area contributed by atoms with E-state index in [2.05, 4.69) is 0 Å². The highest BCUT2D eigenvalue weighted by Crippen LogP contribution is 2.39. The van der Waals surface area contributed by atoms with Crippen molar-refractivity contribution in [1.82, 2.24) is 0 Å². The lowest BCUT2D eigenvalue weighted by atomic mass is 9.88. The van der Waals surface area contributed by atoms with Gasteiger partial charge in [0.2, 0.25) is 0 Å². The zero-order valence-corrected chi connectivity index (χ0v) is 19.5. The maximum absolute atomic E-state index is 11.4. The van der Waals surface area contributed by atoms with Crippen LogP contribution in [0.4, 0.5) is 0 Å². The number of rotatable bonds is 6. The fourth-order valence-corrected chi connectivity index (χ4v) is 4.61. The van der Waals surface area contributed by atoms with Crippen LogP contribution in [0.3, 0.4) is 0 Å². The van der Waals surface area contributed by atoms with Gasteiger partial charge >= 0.3 is 0 Å². The predicted molar refractivity (Wildman–Crippen MR) is 140 cm³/mol. The Morgan fingerprint density at radius 1 is 0.417 bits per heavy atom. The molecule has 0 aromatic heterocycles. The number of hydrogen-bond acceptors (Lipinski definition) is 5. The molecule has 5 aromatic carbocycles. The Kier molecular flexibility index (Phi) is 6.13. The van der Waals surface area contributed by atoms with E-state index < -0.39 is 0 Å². The molecular formula is C31H26O5. The summed E-state index contributed by atoms with van der Waals surface area (Å²) in [7, 11) is 0. The van der Waals surface area contributed by atoms with E-state index >= 15 is 0 Å². The normalized spacial score (nSPS) is 11.1. The first-order chi connectivity index (χ1) is 17.4. The molecule has 0 radical (unpaired) electrons. The van der Waals surface area contributed by atoms with Crippen molar-refractivity contribution in [2.75, 3.05) is 0 Å². The molecule has 180 valence electrons. The molecule has 0 heterocycles. The van der Waals surface area contributed by atoms with E-state index in [0.29, 0.717) is 24.8 Å². The van der Waals surface area contributed by atoms with Crippen LogP contribution in [0.15, 0.2) is 91.0 Å². The lowest BCUT2D eigenvalue weighted by molar-refractivity contribution is 0.463. The number of hydrogen-bond donors (Lipinski definition) is 5.